The van der Waals surface area contributed by atoms with Crippen molar-refractivity contribution in [2.24, 2.45) is 0 Å². The lowest BCUT2D eigenvalue weighted by atomic mass is 9.80. The molecule has 16 aromatic rings. The summed E-state index contributed by atoms with van der Waals surface area (Å²) in [5, 5.41) is 12.7. The van der Waals surface area contributed by atoms with Crippen LogP contribution in [0, 0.1) is 0 Å². The first-order valence-corrected chi connectivity index (χ1v) is 34.1. The summed E-state index contributed by atoms with van der Waals surface area (Å²) in [4.78, 5) is 4.87. The lowest BCUT2D eigenvalue weighted by Gasteiger charge is -2.27. The van der Waals surface area contributed by atoms with E-state index >= 15 is 0 Å². The molecule has 6 heteroatoms. The fraction of sp³-hybridized carbons (Fsp3) is 0.186. The Kier molecular flexibility index (Phi) is 13.2. The van der Waals surface area contributed by atoms with E-state index in [-0.39, 0.29) is 21.7 Å². The van der Waals surface area contributed by atoms with E-state index in [2.05, 4.69) is 345 Å². The van der Waals surface area contributed by atoms with Crippen LogP contribution < -0.4 is 9.80 Å². The van der Waals surface area contributed by atoms with Crippen LogP contribution in [-0.4, -0.2) is 9.13 Å². The van der Waals surface area contributed by atoms with E-state index < -0.39 is 0 Å². The lowest BCUT2D eigenvalue weighted by Crippen LogP contribution is -2.17. The first kappa shape index (κ1) is 57.7. The van der Waals surface area contributed by atoms with E-state index in [1.807, 2.05) is 22.7 Å². The van der Waals surface area contributed by atoms with Gasteiger partial charge in [0.05, 0.1) is 22.1 Å². The molecule has 0 spiro atoms. The van der Waals surface area contributed by atoms with Crippen molar-refractivity contribution in [3.8, 4) is 11.4 Å². The number of aromatic nitrogens is 2. The van der Waals surface area contributed by atoms with Gasteiger partial charge in [-0.05, 0) is 188 Å². The Morgan fingerprint density at radius 3 is 0.902 bits per heavy atom. The molecule has 4 heterocycles. The van der Waals surface area contributed by atoms with Crippen LogP contribution in [0.1, 0.15) is 105 Å². The van der Waals surface area contributed by atoms with Crippen molar-refractivity contribution in [2.75, 3.05) is 9.80 Å². The Bertz CT molecular complexity index is 5210. The number of fused-ring (bicyclic) bond motifs is 13. The third-order valence-corrected chi connectivity index (χ3v) is 21.4. The fourth-order valence-corrected chi connectivity index (χ4v) is 16.4. The van der Waals surface area contributed by atoms with Crippen molar-refractivity contribution in [3.63, 3.8) is 0 Å². The van der Waals surface area contributed by atoms with Crippen LogP contribution in [0.5, 0.6) is 0 Å². The molecule has 0 N–H and O–H groups in total. The zero-order chi connectivity index (χ0) is 63.3. The smallest absolute Gasteiger partial charge is 0.0561 e. The Hall–Kier alpha value is -9.46. The molecule has 0 radical (unpaired) electrons. The summed E-state index contributed by atoms with van der Waals surface area (Å²) in [5.41, 5.74) is 19.2. The minimum absolute atomic E-state index is 0.0192. The summed E-state index contributed by atoms with van der Waals surface area (Å²) in [5.74, 6) is 0. The molecule has 0 aliphatic heterocycles. The second kappa shape index (κ2) is 21.0. The first-order chi connectivity index (χ1) is 44.1. The molecule has 92 heavy (non-hydrogen) atoms. The number of thiophene rings is 2. The van der Waals surface area contributed by atoms with E-state index in [1.54, 1.807) is 0 Å². The number of rotatable bonds is 8. The summed E-state index contributed by atoms with van der Waals surface area (Å²) in [7, 11) is 0. The van der Waals surface area contributed by atoms with Crippen LogP contribution >= 0.6 is 22.7 Å². The average Bonchev–Trinajstić information content (AvgIpc) is 1.59. The molecular formula is C86H76N4S2. The largest absolute Gasteiger partial charge is 0.310 e. The van der Waals surface area contributed by atoms with Gasteiger partial charge in [0, 0.05) is 107 Å². The normalized spacial score (nSPS) is 12.8. The quantitative estimate of drug-likeness (QED) is 0.151. The predicted octanol–water partition coefficient (Wildman–Crippen LogP) is 25.9. The number of hydrogen-bond donors (Lipinski definition) is 0. The van der Waals surface area contributed by atoms with Crippen LogP contribution in [0.2, 0.25) is 0 Å². The predicted molar refractivity (Wildman–Crippen MR) is 403 cm³/mol. The van der Waals surface area contributed by atoms with Crippen LogP contribution in [-0.2, 0) is 21.7 Å². The average molecular weight is 1230 g/mol. The monoisotopic (exact) mass is 1230 g/mol. The maximum absolute atomic E-state index is 2.50. The Morgan fingerprint density at radius 1 is 0.239 bits per heavy atom. The summed E-state index contributed by atoms with van der Waals surface area (Å²) >= 11 is 3.78. The van der Waals surface area contributed by atoms with Gasteiger partial charge < -0.3 is 18.9 Å². The van der Waals surface area contributed by atoms with Crippen molar-refractivity contribution in [1.29, 1.82) is 0 Å². The third-order valence-electron chi connectivity index (χ3n) is 19.2. The number of benzene rings is 12. The van der Waals surface area contributed by atoms with Crippen LogP contribution in [0.15, 0.2) is 243 Å². The van der Waals surface area contributed by atoms with Gasteiger partial charge in [0.15, 0.2) is 0 Å². The van der Waals surface area contributed by atoms with Gasteiger partial charge in [-0.2, -0.15) is 0 Å². The Morgan fingerprint density at radius 2 is 0.543 bits per heavy atom. The molecule has 0 fully saturated rings. The molecule has 0 bridgehead atoms. The van der Waals surface area contributed by atoms with Gasteiger partial charge in [-0.25, -0.2) is 0 Å². The first-order valence-electron chi connectivity index (χ1n) is 32.5. The van der Waals surface area contributed by atoms with Gasteiger partial charge in [0.2, 0.25) is 0 Å². The molecule has 452 valence electrons. The van der Waals surface area contributed by atoms with Gasteiger partial charge >= 0.3 is 0 Å². The highest BCUT2D eigenvalue weighted by molar-refractivity contribution is 7.26. The van der Waals surface area contributed by atoms with Crippen molar-refractivity contribution < 1.29 is 0 Å². The van der Waals surface area contributed by atoms with Crippen molar-refractivity contribution in [3.05, 3.63) is 265 Å². The second-order valence-electron chi connectivity index (χ2n) is 29.6. The Balaban J connectivity index is 0.787. The highest BCUT2D eigenvalue weighted by Gasteiger charge is 2.27. The van der Waals surface area contributed by atoms with Crippen molar-refractivity contribution in [1.82, 2.24) is 9.13 Å². The van der Waals surface area contributed by atoms with E-state index in [0.717, 1.165) is 34.1 Å². The summed E-state index contributed by atoms with van der Waals surface area (Å²) in [6.45, 7) is 27.9. The number of hydrogen-bond acceptors (Lipinski definition) is 4. The SMILES string of the molecule is CC(C)(C)c1cc(-n2c3ccccc3c3ccc(N(c4ccccc4)c4ccc5c(c4)sc4cc6cc7c(cc6cc45)sc4cc(N(c5ccccc5)c5ccc6c8ccccc8n(-c8cc(C(C)(C)C)cc(C(C)(C)C)c8)c6c5)ccc47)cc32)cc(C(C)(C)C)c1. The molecule has 0 amide bonds. The molecule has 16 rings (SSSR count). The molecule has 0 saturated heterocycles. The van der Waals surface area contributed by atoms with Gasteiger partial charge in [-0.3, -0.25) is 0 Å². The lowest BCUT2D eigenvalue weighted by molar-refractivity contribution is 0.567. The summed E-state index contributed by atoms with van der Waals surface area (Å²) < 4.78 is 10.1. The Labute approximate surface area is 547 Å². The third kappa shape index (κ3) is 9.76. The molecule has 0 aliphatic rings. The molecule has 12 aromatic carbocycles. The molecular weight excluding hydrogens is 1150 g/mol. The van der Waals surface area contributed by atoms with Gasteiger partial charge in [0.25, 0.3) is 0 Å². The maximum atomic E-state index is 2.50. The van der Waals surface area contributed by atoms with E-state index in [0.29, 0.717) is 0 Å². The fourth-order valence-electron chi connectivity index (χ4n) is 14.1. The van der Waals surface area contributed by atoms with E-state index in [4.69, 9.17) is 0 Å². The van der Waals surface area contributed by atoms with E-state index in [1.165, 1.54) is 128 Å². The van der Waals surface area contributed by atoms with Crippen molar-refractivity contribution in [2.45, 2.75) is 105 Å². The molecule has 0 unspecified atom stereocenters. The van der Waals surface area contributed by atoms with Gasteiger partial charge in [-0.1, -0.05) is 192 Å². The topological polar surface area (TPSA) is 16.3 Å². The van der Waals surface area contributed by atoms with Crippen LogP contribution in [0.4, 0.5) is 34.1 Å². The molecule has 4 aromatic heterocycles. The minimum atomic E-state index is -0.0192. The zero-order valence-electron chi connectivity index (χ0n) is 54.7. The van der Waals surface area contributed by atoms with E-state index in [9.17, 15) is 0 Å². The van der Waals surface area contributed by atoms with Crippen LogP contribution in [0.3, 0.4) is 0 Å². The standard InChI is InChI=1S/C86H76N4S2/c1-83(2,3)55-43-56(84(4,5)6)46-65(45-55)89-75-29-21-19-27-67(75)69-35-31-61(49-77(69)89)87(59-23-15-13-16-24-59)63-33-37-71-73-39-53-42-80-74(40-54(53)41-79(73)91-81(71)51-63)72-38-34-64(52-82(72)92-80)88(60-25-17-14-18-26-60)62-32-36-70-68-28-20-22-30-76(68)90(78(70)50-62)66-47-57(85(7,8)9)44-58(48-66)86(10,11)12/h13-52H,1-12H3. The molecule has 0 aliphatic carbocycles. The molecule has 0 atom stereocenters. The van der Waals surface area contributed by atoms with Gasteiger partial charge in [-0.15, -0.1) is 22.7 Å². The number of anilines is 6. The number of para-hydroxylation sites is 4. The maximum Gasteiger partial charge on any atom is 0.0561 e. The molecule has 0 saturated carbocycles. The zero-order valence-corrected chi connectivity index (χ0v) is 56.3. The minimum Gasteiger partial charge on any atom is -0.310 e. The highest BCUT2D eigenvalue weighted by Crippen LogP contribution is 2.48. The highest BCUT2D eigenvalue weighted by atomic mass is 32.1. The van der Waals surface area contributed by atoms with Crippen molar-refractivity contribution >= 4 is 152 Å². The summed E-state index contributed by atoms with van der Waals surface area (Å²) in [6, 6.07) is 92.1. The number of nitrogens with zero attached hydrogens (tertiary/aromatic N) is 4. The van der Waals surface area contributed by atoms with Gasteiger partial charge in [0.1, 0.15) is 0 Å². The van der Waals surface area contributed by atoms with Crippen LogP contribution in [0.25, 0.3) is 106 Å². The molecule has 4 nitrogen and oxygen atoms in total. The summed E-state index contributed by atoms with van der Waals surface area (Å²) in [6.07, 6.45) is 0. The second-order valence-corrected chi connectivity index (χ2v) is 31.8.